The lowest BCUT2D eigenvalue weighted by Gasteiger charge is -2.25. The van der Waals surface area contributed by atoms with Gasteiger partial charge in [-0.3, -0.25) is 4.79 Å². The smallest absolute Gasteiger partial charge is 0.257 e. The van der Waals surface area contributed by atoms with Crippen LogP contribution < -0.4 is 5.32 Å². The Hall–Kier alpha value is -1.72. The Kier molecular flexibility index (Phi) is 4.20. The third kappa shape index (κ3) is 2.73. The standard InChI is InChI=1S/C14H16ClN3O2/c1-4-14(2,20-3)13(19)18-12-11(15)16-9-7-5-6-8-10(9)17-12/h5-8H,4H2,1-3H3,(H,17,18,19). The lowest BCUT2D eigenvalue weighted by Crippen LogP contribution is -2.41. The van der Waals surface area contributed by atoms with Crippen LogP contribution in [0.1, 0.15) is 20.3 Å². The maximum Gasteiger partial charge on any atom is 0.257 e. The maximum absolute atomic E-state index is 12.2. The highest BCUT2D eigenvalue weighted by Crippen LogP contribution is 2.23. The van der Waals surface area contributed by atoms with Gasteiger partial charge in [0.05, 0.1) is 11.0 Å². The van der Waals surface area contributed by atoms with E-state index in [0.29, 0.717) is 17.5 Å². The lowest BCUT2D eigenvalue weighted by molar-refractivity contribution is -0.136. The molecule has 1 N–H and O–H groups in total. The van der Waals surface area contributed by atoms with Crippen molar-refractivity contribution in [1.29, 1.82) is 0 Å². The van der Waals surface area contributed by atoms with Crippen LogP contribution in [-0.4, -0.2) is 28.6 Å². The molecule has 1 amide bonds. The molecule has 0 aliphatic heterocycles. The van der Waals surface area contributed by atoms with Gasteiger partial charge < -0.3 is 10.1 Å². The van der Waals surface area contributed by atoms with Gasteiger partial charge in [0.25, 0.3) is 5.91 Å². The van der Waals surface area contributed by atoms with Crippen molar-refractivity contribution in [3.05, 3.63) is 29.4 Å². The summed E-state index contributed by atoms with van der Waals surface area (Å²) in [5.74, 6) is -0.0546. The summed E-state index contributed by atoms with van der Waals surface area (Å²) in [5.41, 5.74) is 0.430. The Bertz CT molecular complexity index is 641. The number of hydrogen-bond donors (Lipinski definition) is 1. The fourth-order valence-electron chi connectivity index (χ4n) is 1.70. The van der Waals surface area contributed by atoms with Crippen LogP contribution in [0.5, 0.6) is 0 Å². The lowest BCUT2D eigenvalue weighted by atomic mass is 10.0. The largest absolute Gasteiger partial charge is 0.369 e. The van der Waals surface area contributed by atoms with Gasteiger partial charge >= 0.3 is 0 Å². The van der Waals surface area contributed by atoms with Crippen LogP contribution in [0.4, 0.5) is 5.82 Å². The van der Waals surface area contributed by atoms with Crippen molar-refractivity contribution in [2.24, 2.45) is 0 Å². The normalized spacial score (nSPS) is 14.0. The number of nitrogens with zero attached hydrogens (tertiary/aromatic N) is 2. The van der Waals surface area contributed by atoms with Crippen molar-refractivity contribution >= 4 is 34.4 Å². The van der Waals surface area contributed by atoms with Crippen molar-refractivity contribution in [1.82, 2.24) is 9.97 Å². The molecule has 2 rings (SSSR count). The summed E-state index contributed by atoms with van der Waals surface area (Å²) < 4.78 is 5.25. The molecule has 0 fully saturated rings. The van der Waals surface area contributed by atoms with Gasteiger partial charge in [0, 0.05) is 7.11 Å². The van der Waals surface area contributed by atoms with E-state index < -0.39 is 5.60 Å². The number of methoxy groups -OCH3 is 1. The number of ether oxygens (including phenoxy) is 1. The second-order valence-corrected chi connectivity index (χ2v) is 4.95. The van der Waals surface area contributed by atoms with Gasteiger partial charge in [0.15, 0.2) is 11.0 Å². The minimum atomic E-state index is -0.920. The number of rotatable bonds is 4. The maximum atomic E-state index is 12.2. The zero-order chi connectivity index (χ0) is 14.8. The molecule has 6 heteroatoms. The molecule has 0 spiro atoms. The molecule has 0 aliphatic rings. The van der Waals surface area contributed by atoms with Crippen LogP contribution in [0, 0.1) is 0 Å². The summed E-state index contributed by atoms with van der Waals surface area (Å²) in [4.78, 5) is 20.7. The summed E-state index contributed by atoms with van der Waals surface area (Å²) in [7, 11) is 1.50. The third-order valence-electron chi connectivity index (χ3n) is 3.37. The highest BCUT2D eigenvalue weighted by Gasteiger charge is 2.31. The molecule has 0 bridgehead atoms. The summed E-state index contributed by atoms with van der Waals surface area (Å²) in [6, 6.07) is 7.32. The second-order valence-electron chi connectivity index (χ2n) is 4.59. The first-order valence-corrected chi connectivity index (χ1v) is 6.67. The molecule has 1 unspecified atom stereocenters. The third-order valence-corrected chi connectivity index (χ3v) is 3.63. The highest BCUT2D eigenvalue weighted by atomic mass is 35.5. The van der Waals surface area contributed by atoms with Crippen molar-refractivity contribution < 1.29 is 9.53 Å². The van der Waals surface area contributed by atoms with Gasteiger partial charge in [-0.1, -0.05) is 30.7 Å². The molecule has 106 valence electrons. The molecular formula is C14H16ClN3O2. The minimum Gasteiger partial charge on any atom is -0.369 e. The van der Waals surface area contributed by atoms with E-state index in [9.17, 15) is 4.79 Å². The van der Waals surface area contributed by atoms with Gasteiger partial charge in [-0.15, -0.1) is 0 Å². The van der Waals surface area contributed by atoms with Gasteiger partial charge in [-0.25, -0.2) is 9.97 Å². The van der Waals surface area contributed by atoms with Crippen molar-refractivity contribution in [3.8, 4) is 0 Å². The van der Waals surface area contributed by atoms with E-state index in [-0.39, 0.29) is 16.9 Å². The topological polar surface area (TPSA) is 64.1 Å². The van der Waals surface area contributed by atoms with Crippen LogP contribution in [0.3, 0.4) is 0 Å². The molecule has 0 saturated heterocycles. The van der Waals surface area contributed by atoms with E-state index in [1.54, 1.807) is 6.92 Å². The fourth-order valence-corrected chi connectivity index (χ4v) is 1.88. The summed E-state index contributed by atoms with van der Waals surface area (Å²) >= 11 is 6.05. The summed E-state index contributed by atoms with van der Waals surface area (Å²) in [6.07, 6.45) is 0.536. The summed E-state index contributed by atoms with van der Waals surface area (Å²) in [6.45, 7) is 3.58. The minimum absolute atomic E-state index is 0.159. The predicted molar refractivity (Wildman–Crippen MR) is 78.9 cm³/mol. The molecule has 1 atom stereocenters. The van der Waals surface area contributed by atoms with Gasteiger partial charge in [-0.2, -0.15) is 0 Å². The molecule has 5 nitrogen and oxygen atoms in total. The Morgan fingerprint density at radius 1 is 1.35 bits per heavy atom. The van der Waals surface area contributed by atoms with E-state index >= 15 is 0 Å². The number of nitrogens with one attached hydrogen (secondary N) is 1. The Balaban J connectivity index is 2.34. The molecule has 1 heterocycles. The number of anilines is 1. The van der Waals surface area contributed by atoms with E-state index in [0.717, 1.165) is 0 Å². The SMILES string of the molecule is CCC(C)(OC)C(=O)Nc1nc2ccccc2nc1Cl. The Morgan fingerprint density at radius 2 is 1.95 bits per heavy atom. The molecular weight excluding hydrogens is 278 g/mol. The number of aromatic nitrogens is 2. The van der Waals surface area contributed by atoms with Gasteiger partial charge in [0.1, 0.15) is 5.60 Å². The van der Waals surface area contributed by atoms with Crippen LogP contribution in [0.15, 0.2) is 24.3 Å². The number of hydrogen-bond acceptors (Lipinski definition) is 4. The number of halogens is 1. The first-order chi connectivity index (χ1) is 9.50. The number of amides is 1. The number of carbonyl (C=O) groups excluding carboxylic acids is 1. The number of carbonyl (C=O) groups is 1. The first kappa shape index (κ1) is 14.7. The van der Waals surface area contributed by atoms with Crippen LogP contribution >= 0.6 is 11.6 Å². The van der Waals surface area contributed by atoms with E-state index in [1.807, 2.05) is 31.2 Å². The van der Waals surface area contributed by atoms with Crippen molar-refractivity contribution in [2.75, 3.05) is 12.4 Å². The number of fused-ring (bicyclic) bond motifs is 1. The molecule has 20 heavy (non-hydrogen) atoms. The second kappa shape index (κ2) is 5.73. The average Bonchev–Trinajstić information content (AvgIpc) is 2.47. The monoisotopic (exact) mass is 293 g/mol. The zero-order valence-corrected chi connectivity index (χ0v) is 12.4. The molecule has 2 aromatic rings. The quantitative estimate of drug-likeness (QED) is 0.941. The first-order valence-electron chi connectivity index (χ1n) is 6.29. The summed E-state index contributed by atoms with van der Waals surface area (Å²) in [5, 5.41) is 2.83. The van der Waals surface area contributed by atoms with Crippen LogP contribution in [-0.2, 0) is 9.53 Å². The van der Waals surface area contributed by atoms with Crippen molar-refractivity contribution in [3.63, 3.8) is 0 Å². The van der Waals surface area contributed by atoms with E-state index in [1.165, 1.54) is 7.11 Å². The highest BCUT2D eigenvalue weighted by molar-refractivity contribution is 6.32. The van der Waals surface area contributed by atoms with Crippen LogP contribution in [0.25, 0.3) is 11.0 Å². The number of para-hydroxylation sites is 2. The molecule has 0 saturated carbocycles. The zero-order valence-electron chi connectivity index (χ0n) is 11.6. The van der Waals surface area contributed by atoms with E-state index in [2.05, 4.69) is 15.3 Å². The molecule has 1 aromatic carbocycles. The molecule has 0 aliphatic carbocycles. The molecule has 1 aromatic heterocycles. The van der Waals surface area contributed by atoms with Gasteiger partial charge in [0.2, 0.25) is 0 Å². The fraction of sp³-hybridized carbons (Fsp3) is 0.357. The van der Waals surface area contributed by atoms with Crippen LogP contribution in [0.2, 0.25) is 5.15 Å². The predicted octanol–water partition coefficient (Wildman–Crippen LogP) is 3.04. The van der Waals surface area contributed by atoms with E-state index in [4.69, 9.17) is 16.3 Å². The number of benzene rings is 1. The Labute approximate surface area is 122 Å². The average molecular weight is 294 g/mol. The van der Waals surface area contributed by atoms with Gasteiger partial charge in [-0.05, 0) is 25.5 Å². The van der Waals surface area contributed by atoms with Crippen molar-refractivity contribution in [2.45, 2.75) is 25.9 Å². The molecule has 0 radical (unpaired) electrons. The Morgan fingerprint density at radius 3 is 2.50 bits per heavy atom.